The van der Waals surface area contributed by atoms with Gasteiger partial charge < -0.3 is 28.8 Å². The molecule has 2 unspecified atom stereocenters. The van der Waals surface area contributed by atoms with Crippen LogP contribution in [-0.2, 0) is 18.9 Å². The summed E-state index contributed by atoms with van der Waals surface area (Å²) in [6.45, 7) is 9.39. The smallest absolute Gasteiger partial charge is 0.410 e. The SMILES string of the molecule is CCOCOC1CCCN(C(=O)OC(C)(C)C)C1COC1CCC(c2cccc(=O)[nH]2)CC1. The highest BCUT2D eigenvalue weighted by atomic mass is 16.7. The monoisotopic (exact) mass is 464 g/mol. The van der Waals surface area contributed by atoms with Crippen LogP contribution in [-0.4, -0.2) is 66.4 Å². The van der Waals surface area contributed by atoms with Crippen LogP contribution in [0.5, 0.6) is 0 Å². The van der Waals surface area contributed by atoms with Gasteiger partial charge in [0.1, 0.15) is 12.4 Å². The summed E-state index contributed by atoms with van der Waals surface area (Å²) in [5.74, 6) is 0.356. The number of hydrogen-bond donors (Lipinski definition) is 1. The van der Waals surface area contributed by atoms with Gasteiger partial charge in [-0.2, -0.15) is 0 Å². The lowest BCUT2D eigenvalue weighted by Gasteiger charge is -2.42. The molecule has 2 atom stereocenters. The first-order valence-electron chi connectivity index (χ1n) is 12.3. The lowest BCUT2D eigenvalue weighted by molar-refractivity contribution is -0.138. The molecule has 1 amide bonds. The van der Waals surface area contributed by atoms with Gasteiger partial charge in [0.2, 0.25) is 5.56 Å². The molecule has 8 nitrogen and oxygen atoms in total. The molecular weight excluding hydrogens is 424 g/mol. The maximum atomic E-state index is 12.9. The van der Waals surface area contributed by atoms with Crippen molar-refractivity contribution in [2.75, 3.05) is 26.6 Å². The quantitative estimate of drug-likeness (QED) is 0.458. The second-order valence-electron chi connectivity index (χ2n) is 9.98. The van der Waals surface area contributed by atoms with E-state index in [0.717, 1.165) is 44.2 Å². The van der Waals surface area contributed by atoms with Gasteiger partial charge in [0, 0.05) is 24.9 Å². The van der Waals surface area contributed by atoms with Gasteiger partial charge in [0.05, 0.1) is 24.9 Å². The normalized spacial score (nSPS) is 26.2. The molecule has 0 bridgehead atoms. The number of pyridine rings is 1. The number of nitrogens with zero attached hydrogens (tertiary/aromatic N) is 1. The van der Waals surface area contributed by atoms with E-state index in [-0.39, 0.29) is 36.7 Å². The molecule has 2 aliphatic rings. The molecule has 2 heterocycles. The van der Waals surface area contributed by atoms with Crippen molar-refractivity contribution in [2.45, 2.75) is 96.0 Å². The first kappa shape index (κ1) is 25.7. The van der Waals surface area contributed by atoms with E-state index in [1.54, 1.807) is 11.0 Å². The highest BCUT2D eigenvalue weighted by Crippen LogP contribution is 2.33. The molecule has 1 aliphatic carbocycles. The van der Waals surface area contributed by atoms with Crippen molar-refractivity contribution < 1.29 is 23.7 Å². The van der Waals surface area contributed by atoms with Gasteiger partial charge in [0.25, 0.3) is 0 Å². The van der Waals surface area contributed by atoms with Crippen LogP contribution in [0, 0.1) is 0 Å². The number of amides is 1. The first-order valence-corrected chi connectivity index (χ1v) is 12.3. The third kappa shape index (κ3) is 7.83. The number of rotatable bonds is 8. The minimum atomic E-state index is -0.557. The molecule has 0 aromatic carbocycles. The van der Waals surface area contributed by atoms with Crippen molar-refractivity contribution in [1.29, 1.82) is 0 Å². The van der Waals surface area contributed by atoms with Crippen molar-refractivity contribution in [1.82, 2.24) is 9.88 Å². The van der Waals surface area contributed by atoms with Crippen molar-refractivity contribution in [3.05, 3.63) is 34.2 Å². The minimum Gasteiger partial charge on any atom is -0.444 e. The molecule has 3 rings (SSSR count). The highest BCUT2D eigenvalue weighted by Gasteiger charge is 2.38. The molecule has 8 heteroatoms. The summed E-state index contributed by atoms with van der Waals surface area (Å²) < 4.78 is 23.4. The van der Waals surface area contributed by atoms with Gasteiger partial charge in [-0.3, -0.25) is 4.79 Å². The predicted molar refractivity (Wildman–Crippen MR) is 125 cm³/mol. The number of piperidine rings is 1. The average Bonchev–Trinajstić information content (AvgIpc) is 2.77. The average molecular weight is 465 g/mol. The summed E-state index contributed by atoms with van der Waals surface area (Å²) in [4.78, 5) is 29.3. The number of aromatic nitrogens is 1. The van der Waals surface area contributed by atoms with Crippen molar-refractivity contribution in [3.8, 4) is 0 Å². The largest absolute Gasteiger partial charge is 0.444 e. The summed E-state index contributed by atoms with van der Waals surface area (Å²) in [5, 5.41) is 0. The standard InChI is InChI=1S/C25H40N2O6/c1-5-30-17-32-22-9-7-15-27(24(29)33-25(2,3)4)21(22)16-31-19-13-11-18(12-14-19)20-8-6-10-23(28)26-20/h6,8,10,18-19,21-22H,5,7,9,11-17H2,1-4H3,(H,26,28). The van der Waals surface area contributed by atoms with Gasteiger partial charge in [-0.25, -0.2) is 4.79 Å². The molecule has 1 aromatic rings. The minimum absolute atomic E-state index is 0.0523. The summed E-state index contributed by atoms with van der Waals surface area (Å²) in [6.07, 6.45) is 5.15. The molecule has 1 aliphatic heterocycles. The Balaban J connectivity index is 1.59. The number of likely N-dealkylation sites (tertiary alicyclic amines) is 1. The van der Waals surface area contributed by atoms with E-state index in [4.69, 9.17) is 18.9 Å². The van der Waals surface area contributed by atoms with Gasteiger partial charge in [0.15, 0.2) is 0 Å². The van der Waals surface area contributed by atoms with Crippen molar-refractivity contribution in [3.63, 3.8) is 0 Å². The van der Waals surface area contributed by atoms with Gasteiger partial charge in [-0.1, -0.05) is 6.07 Å². The second-order valence-corrected chi connectivity index (χ2v) is 9.98. The van der Waals surface area contributed by atoms with Crippen LogP contribution < -0.4 is 5.56 Å². The van der Waals surface area contributed by atoms with Gasteiger partial charge in [-0.05, 0) is 78.2 Å². The Kier molecular flexibility index (Phi) is 9.35. The van der Waals surface area contributed by atoms with Crippen LogP contribution >= 0.6 is 0 Å². The molecule has 1 saturated carbocycles. The van der Waals surface area contributed by atoms with Crippen molar-refractivity contribution in [2.24, 2.45) is 0 Å². The Hall–Kier alpha value is -1.90. The van der Waals surface area contributed by atoms with Crippen LogP contribution in [0.25, 0.3) is 0 Å². The summed E-state index contributed by atoms with van der Waals surface area (Å²) in [7, 11) is 0. The number of nitrogens with one attached hydrogen (secondary N) is 1. The number of aromatic amines is 1. The maximum absolute atomic E-state index is 12.9. The molecule has 186 valence electrons. The molecule has 1 N–H and O–H groups in total. The Bertz CT molecular complexity index is 797. The highest BCUT2D eigenvalue weighted by molar-refractivity contribution is 5.68. The van der Waals surface area contributed by atoms with Crippen LogP contribution in [0.3, 0.4) is 0 Å². The van der Waals surface area contributed by atoms with Crippen LogP contribution in [0.15, 0.2) is 23.0 Å². The number of hydrogen-bond acceptors (Lipinski definition) is 6. The Morgan fingerprint density at radius 3 is 2.55 bits per heavy atom. The summed E-state index contributed by atoms with van der Waals surface area (Å²) in [6, 6.07) is 5.14. The lowest BCUT2D eigenvalue weighted by Crippen LogP contribution is -2.55. The lowest BCUT2D eigenvalue weighted by atomic mass is 9.85. The van der Waals surface area contributed by atoms with Gasteiger partial charge >= 0.3 is 6.09 Å². The molecule has 2 fully saturated rings. The third-order valence-corrected chi connectivity index (χ3v) is 6.32. The van der Waals surface area contributed by atoms with E-state index in [9.17, 15) is 9.59 Å². The zero-order chi connectivity index (χ0) is 23.8. The number of ether oxygens (including phenoxy) is 4. The number of carbonyl (C=O) groups excluding carboxylic acids is 1. The van der Waals surface area contributed by atoms with Crippen LogP contribution in [0.2, 0.25) is 0 Å². The molecule has 0 spiro atoms. The van der Waals surface area contributed by atoms with E-state index in [1.165, 1.54) is 0 Å². The fourth-order valence-electron chi connectivity index (χ4n) is 4.66. The Morgan fingerprint density at radius 1 is 1.12 bits per heavy atom. The van der Waals surface area contributed by atoms with Crippen LogP contribution in [0.4, 0.5) is 4.79 Å². The fourth-order valence-corrected chi connectivity index (χ4v) is 4.66. The Morgan fingerprint density at radius 2 is 1.88 bits per heavy atom. The van der Waals surface area contributed by atoms with E-state index in [2.05, 4.69) is 4.98 Å². The second kappa shape index (κ2) is 12.0. The maximum Gasteiger partial charge on any atom is 0.410 e. The Labute approximate surface area is 196 Å². The zero-order valence-electron chi connectivity index (χ0n) is 20.5. The van der Waals surface area contributed by atoms with Gasteiger partial charge in [-0.15, -0.1) is 0 Å². The molecule has 33 heavy (non-hydrogen) atoms. The van der Waals surface area contributed by atoms with E-state index in [1.807, 2.05) is 39.8 Å². The topological polar surface area (TPSA) is 90.1 Å². The van der Waals surface area contributed by atoms with Crippen molar-refractivity contribution >= 4 is 6.09 Å². The third-order valence-electron chi connectivity index (χ3n) is 6.32. The predicted octanol–water partition coefficient (Wildman–Crippen LogP) is 4.20. The molecule has 1 saturated heterocycles. The number of carbonyl (C=O) groups is 1. The number of H-pyrrole nitrogens is 1. The summed E-state index contributed by atoms with van der Waals surface area (Å²) >= 11 is 0. The zero-order valence-corrected chi connectivity index (χ0v) is 20.5. The van der Waals surface area contributed by atoms with E-state index >= 15 is 0 Å². The van der Waals surface area contributed by atoms with Crippen LogP contribution in [0.1, 0.15) is 77.8 Å². The molecule has 1 aromatic heterocycles. The van der Waals surface area contributed by atoms with E-state index in [0.29, 0.717) is 25.7 Å². The van der Waals surface area contributed by atoms with E-state index < -0.39 is 5.60 Å². The first-order chi connectivity index (χ1) is 15.8. The summed E-state index contributed by atoms with van der Waals surface area (Å²) in [5.41, 5.74) is 0.399. The molecule has 0 radical (unpaired) electrons. The fraction of sp³-hybridized carbons (Fsp3) is 0.760. The molecular formula is C25H40N2O6.